The SMILES string of the molecule is CC1CC(CNC(=O)c2coc3ccccc23)CC(C)O1. The maximum Gasteiger partial charge on any atom is 0.255 e. The fourth-order valence-corrected chi connectivity index (χ4v) is 3.20. The van der Waals surface area contributed by atoms with Crippen molar-refractivity contribution in [3.63, 3.8) is 0 Å². The van der Waals surface area contributed by atoms with Gasteiger partial charge in [-0.3, -0.25) is 4.79 Å². The number of amides is 1. The molecule has 2 unspecified atom stereocenters. The van der Waals surface area contributed by atoms with Crippen LogP contribution in [0.2, 0.25) is 0 Å². The summed E-state index contributed by atoms with van der Waals surface area (Å²) in [6.07, 6.45) is 4.07. The Hall–Kier alpha value is -1.81. The molecule has 0 spiro atoms. The first kappa shape index (κ1) is 14.1. The van der Waals surface area contributed by atoms with Gasteiger partial charge in [0.15, 0.2) is 0 Å². The Labute approximate surface area is 124 Å². The van der Waals surface area contributed by atoms with Gasteiger partial charge in [-0.05, 0) is 38.7 Å². The van der Waals surface area contributed by atoms with Gasteiger partial charge in [0, 0.05) is 11.9 Å². The molecule has 1 aromatic carbocycles. The van der Waals surface area contributed by atoms with Gasteiger partial charge in [-0.25, -0.2) is 0 Å². The molecule has 1 aliphatic heterocycles. The normalized spacial score (nSPS) is 25.9. The maximum atomic E-state index is 12.3. The van der Waals surface area contributed by atoms with Crippen LogP contribution in [-0.4, -0.2) is 24.7 Å². The molecular weight excluding hydrogens is 266 g/mol. The molecule has 2 aromatic rings. The van der Waals surface area contributed by atoms with Crippen LogP contribution in [0.1, 0.15) is 37.0 Å². The number of carbonyl (C=O) groups excluding carboxylic acids is 1. The van der Waals surface area contributed by atoms with Crippen molar-refractivity contribution in [3.8, 4) is 0 Å². The van der Waals surface area contributed by atoms with Crippen LogP contribution in [0, 0.1) is 5.92 Å². The molecule has 1 amide bonds. The van der Waals surface area contributed by atoms with Crippen LogP contribution < -0.4 is 5.32 Å². The van der Waals surface area contributed by atoms with Gasteiger partial charge in [0.25, 0.3) is 5.91 Å². The Balaban J connectivity index is 1.64. The van der Waals surface area contributed by atoms with E-state index in [2.05, 4.69) is 19.2 Å². The van der Waals surface area contributed by atoms with E-state index in [0.717, 1.165) is 23.8 Å². The molecule has 1 N–H and O–H groups in total. The van der Waals surface area contributed by atoms with E-state index < -0.39 is 0 Å². The third-order valence-electron chi connectivity index (χ3n) is 4.07. The van der Waals surface area contributed by atoms with Crippen molar-refractivity contribution in [2.24, 2.45) is 5.92 Å². The van der Waals surface area contributed by atoms with Crippen LogP contribution in [0.15, 0.2) is 34.9 Å². The number of carbonyl (C=O) groups is 1. The van der Waals surface area contributed by atoms with Crippen molar-refractivity contribution < 1.29 is 13.9 Å². The zero-order chi connectivity index (χ0) is 14.8. The van der Waals surface area contributed by atoms with Crippen LogP contribution in [0.3, 0.4) is 0 Å². The van der Waals surface area contributed by atoms with E-state index >= 15 is 0 Å². The standard InChI is InChI=1S/C17H21NO3/c1-11-7-13(8-12(2)21-11)9-18-17(19)15-10-20-16-6-4-3-5-14(15)16/h3-6,10-13H,7-9H2,1-2H3,(H,18,19). The van der Waals surface area contributed by atoms with Crippen molar-refractivity contribution in [2.45, 2.75) is 38.9 Å². The lowest BCUT2D eigenvalue weighted by Gasteiger charge is -2.32. The Kier molecular flexibility index (Phi) is 3.97. The van der Waals surface area contributed by atoms with Gasteiger partial charge in [-0.2, -0.15) is 0 Å². The van der Waals surface area contributed by atoms with E-state index in [-0.39, 0.29) is 18.1 Å². The fourth-order valence-electron chi connectivity index (χ4n) is 3.20. The van der Waals surface area contributed by atoms with Gasteiger partial charge >= 0.3 is 0 Å². The molecule has 1 fully saturated rings. The van der Waals surface area contributed by atoms with Gasteiger partial charge < -0.3 is 14.5 Å². The lowest BCUT2D eigenvalue weighted by atomic mass is 9.92. The number of fused-ring (bicyclic) bond motifs is 1. The third-order valence-corrected chi connectivity index (χ3v) is 4.07. The monoisotopic (exact) mass is 287 g/mol. The molecule has 2 atom stereocenters. The first-order valence-electron chi connectivity index (χ1n) is 7.53. The van der Waals surface area contributed by atoms with E-state index in [1.165, 1.54) is 6.26 Å². The number of nitrogens with one attached hydrogen (secondary N) is 1. The number of furan rings is 1. The minimum Gasteiger partial charge on any atom is -0.463 e. The van der Waals surface area contributed by atoms with E-state index in [0.29, 0.717) is 18.0 Å². The first-order chi connectivity index (χ1) is 10.1. The molecule has 0 bridgehead atoms. The molecule has 4 heteroatoms. The summed E-state index contributed by atoms with van der Waals surface area (Å²) in [5.41, 5.74) is 1.36. The third kappa shape index (κ3) is 3.10. The highest BCUT2D eigenvalue weighted by Crippen LogP contribution is 2.24. The largest absolute Gasteiger partial charge is 0.463 e. The van der Waals surface area contributed by atoms with Crippen LogP contribution >= 0.6 is 0 Å². The average Bonchev–Trinajstić information content (AvgIpc) is 2.88. The number of rotatable bonds is 3. The Morgan fingerprint density at radius 1 is 1.24 bits per heavy atom. The average molecular weight is 287 g/mol. The summed E-state index contributed by atoms with van der Waals surface area (Å²) < 4.78 is 11.1. The number of para-hydroxylation sites is 1. The quantitative estimate of drug-likeness (QED) is 0.941. The number of ether oxygens (including phenoxy) is 1. The van der Waals surface area contributed by atoms with Gasteiger partial charge in [0.05, 0.1) is 17.8 Å². The molecule has 4 nitrogen and oxygen atoms in total. The summed E-state index contributed by atoms with van der Waals surface area (Å²) in [5, 5.41) is 3.90. The molecule has 1 saturated heterocycles. The summed E-state index contributed by atoms with van der Waals surface area (Å²) in [5.74, 6) is 0.414. The van der Waals surface area contributed by atoms with Gasteiger partial charge in [-0.15, -0.1) is 0 Å². The van der Waals surface area contributed by atoms with Gasteiger partial charge in [-0.1, -0.05) is 18.2 Å². The zero-order valence-corrected chi connectivity index (χ0v) is 12.5. The number of hydrogen-bond acceptors (Lipinski definition) is 3. The minimum atomic E-state index is -0.0632. The zero-order valence-electron chi connectivity index (χ0n) is 12.5. The Bertz CT molecular complexity index is 624. The molecule has 21 heavy (non-hydrogen) atoms. The molecule has 3 rings (SSSR count). The van der Waals surface area contributed by atoms with Crippen LogP contribution in [0.5, 0.6) is 0 Å². The van der Waals surface area contributed by atoms with Gasteiger partial charge in [0.2, 0.25) is 0 Å². The second kappa shape index (κ2) is 5.90. The van der Waals surface area contributed by atoms with Crippen molar-refractivity contribution in [1.82, 2.24) is 5.32 Å². The van der Waals surface area contributed by atoms with Crippen LogP contribution in [0.4, 0.5) is 0 Å². The molecule has 0 aliphatic carbocycles. The van der Waals surface area contributed by atoms with Crippen molar-refractivity contribution in [2.75, 3.05) is 6.54 Å². The van der Waals surface area contributed by atoms with E-state index in [1.807, 2.05) is 24.3 Å². The number of benzene rings is 1. The Morgan fingerprint density at radius 3 is 2.71 bits per heavy atom. The summed E-state index contributed by atoms with van der Waals surface area (Å²) >= 11 is 0. The maximum absolute atomic E-state index is 12.3. The predicted molar refractivity (Wildman–Crippen MR) is 81.3 cm³/mol. The smallest absolute Gasteiger partial charge is 0.255 e. The summed E-state index contributed by atoms with van der Waals surface area (Å²) in [7, 11) is 0. The highest BCUT2D eigenvalue weighted by molar-refractivity contribution is 6.05. The summed E-state index contributed by atoms with van der Waals surface area (Å²) in [6, 6.07) is 7.59. The predicted octanol–water partition coefficient (Wildman–Crippen LogP) is 3.37. The minimum absolute atomic E-state index is 0.0632. The molecular formula is C17H21NO3. The van der Waals surface area contributed by atoms with E-state index in [9.17, 15) is 4.79 Å². The molecule has 1 aromatic heterocycles. The highest BCUT2D eigenvalue weighted by Gasteiger charge is 2.25. The Morgan fingerprint density at radius 2 is 1.95 bits per heavy atom. The molecule has 2 heterocycles. The van der Waals surface area contributed by atoms with Crippen molar-refractivity contribution in [3.05, 3.63) is 36.1 Å². The van der Waals surface area contributed by atoms with Crippen LogP contribution in [0.25, 0.3) is 11.0 Å². The topological polar surface area (TPSA) is 51.5 Å². The fraction of sp³-hybridized carbons (Fsp3) is 0.471. The highest BCUT2D eigenvalue weighted by atomic mass is 16.5. The summed E-state index contributed by atoms with van der Waals surface area (Å²) in [4.78, 5) is 12.3. The van der Waals surface area contributed by atoms with Gasteiger partial charge in [0.1, 0.15) is 11.8 Å². The van der Waals surface area contributed by atoms with E-state index in [4.69, 9.17) is 9.15 Å². The second-order valence-electron chi connectivity index (χ2n) is 5.95. The van der Waals surface area contributed by atoms with Crippen molar-refractivity contribution in [1.29, 1.82) is 0 Å². The lowest BCUT2D eigenvalue weighted by molar-refractivity contribution is -0.0513. The molecule has 0 radical (unpaired) electrons. The van der Waals surface area contributed by atoms with Crippen molar-refractivity contribution >= 4 is 16.9 Å². The first-order valence-corrected chi connectivity index (χ1v) is 7.53. The van der Waals surface area contributed by atoms with E-state index in [1.54, 1.807) is 0 Å². The molecule has 112 valence electrons. The second-order valence-corrected chi connectivity index (χ2v) is 5.95. The molecule has 0 saturated carbocycles. The summed E-state index contributed by atoms with van der Waals surface area (Å²) in [6.45, 7) is 4.87. The molecule has 1 aliphatic rings. The van der Waals surface area contributed by atoms with Crippen LogP contribution in [-0.2, 0) is 4.74 Å². The number of hydrogen-bond donors (Lipinski definition) is 1. The lowest BCUT2D eigenvalue weighted by Crippen LogP contribution is -2.37.